The number of rotatable bonds is 4. The Labute approximate surface area is 108 Å². The van der Waals surface area contributed by atoms with Crippen LogP contribution in [0.3, 0.4) is 0 Å². The van der Waals surface area contributed by atoms with Gasteiger partial charge in [0.25, 0.3) is 0 Å². The smallest absolute Gasteiger partial charge is 0.234 e. The molecule has 0 aliphatic carbocycles. The van der Waals surface area contributed by atoms with Gasteiger partial charge in [-0.15, -0.1) is 11.8 Å². The van der Waals surface area contributed by atoms with Gasteiger partial charge < -0.3 is 0 Å². The van der Waals surface area contributed by atoms with Gasteiger partial charge in [-0.1, -0.05) is 30.3 Å². The molecular weight excluding hydrogens is 254 g/mol. The second-order valence-electron chi connectivity index (χ2n) is 3.91. The quantitative estimate of drug-likeness (QED) is 0.785. The second-order valence-corrected chi connectivity index (χ2v) is 4.95. The fourth-order valence-electron chi connectivity index (χ4n) is 1.36. The van der Waals surface area contributed by atoms with Crippen LogP contribution >= 0.6 is 11.8 Å². The molecule has 5 heteroatoms. The van der Waals surface area contributed by atoms with E-state index in [-0.39, 0.29) is 0 Å². The number of nitrogens with zero attached hydrogens (tertiary/aromatic N) is 2. The van der Waals surface area contributed by atoms with Crippen LogP contribution < -0.4 is 0 Å². The Hall–Kier alpha value is -1.49. The SMILES string of the molecule is CC(F)(F)c1ncc(SCc2ccccc2)cn1. The third kappa shape index (κ3) is 3.50. The third-order valence-electron chi connectivity index (χ3n) is 2.27. The van der Waals surface area contributed by atoms with Crippen LogP contribution in [-0.4, -0.2) is 9.97 Å². The number of hydrogen-bond acceptors (Lipinski definition) is 3. The largest absolute Gasteiger partial charge is 0.303 e. The van der Waals surface area contributed by atoms with E-state index in [2.05, 4.69) is 9.97 Å². The summed E-state index contributed by atoms with van der Waals surface area (Å²) >= 11 is 1.52. The van der Waals surface area contributed by atoms with Crippen molar-refractivity contribution in [2.24, 2.45) is 0 Å². The van der Waals surface area contributed by atoms with Gasteiger partial charge in [-0.3, -0.25) is 0 Å². The minimum Gasteiger partial charge on any atom is -0.234 e. The zero-order chi connectivity index (χ0) is 13.0. The monoisotopic (exact) mass is 266 g/mol. The molecule has 94 valence electrons. The van der Waals surface area contributed by atoms with Crippen molar-refractivity contribution < 1.29 is 8.78 Å². The van der Waals surface area contributed by atoms with Gasteiger partial charge in [0.1, 0.15) is 0 Å². The topological polar surface area (TPSA) is 25.8 Å². The highest BCUT2D eigenvalue weighted by Crippen LogP contribution is 2.25. The first-order valence-electron chi connectivity index (χ1n) is 5.43. The molecular formula is C13H12F2N2S. The first kappa shape index (κ1) is 13.0. The summed E-state index contributed by atoms with van der Waals surface area (Å²) in [5.74, 6) is -2.65. The summed E-state index contributed by atoms with van der Waals surface area (Å²) in [5, 5.41) is 0. The number of thioether (sulfide) groups is 1. The Bertz CT molecular complexity index is 495. The molecule has 2 aromatic rings. The fourth-order valence-corrected chi connectivity index (χ4v) is 2.14. The van der Waals surface area contributed by atoms with Gasteiger partial charge in [0.15, 0.2) is 5.82 Å². The standard InChI is InChI=1S/C13H12F2N2S/c1-13(14,15)12-16-7-11(8-17-12)18-9-10-5-3-2-4-6-10/h2-8H,9H2,1H3. The van der Waals surface area contributed by atoms with Gasteiger partial charge in [0, 0.05) is 30.0 Å². The Morgan fingerprint density at radius 2 is 1.72 bits per heavy atom. The molecule has 0 saturated heterocycles. The first-order valence-corrected chi connectivity index (χ1v) is 6.41. The Balaban J connectivity index is 1.99. The molecule has 0 radical (unpaired) electrons. The van der Waals surface area contributed by atoms with Crippen molar-refractivity contribution in [2.75, 3.05) is 0 Å². The average molecular weight is 266 g/mol. The summed E-state index contributed by atoms with van der Waals surface area (Å²) in [5.41, 5.74) is 1.17. The van der Waals surface area contributed by atoms with Crippen molar-refractivity contribution in [3.63, 3.8) is 0 Å². The molecule has 0 aliphatic rings. The highest BCUT2D eigenvalue weighted by atomic mass is 32.2. The molecule has 2 rings (SSSR count). The molecule has 0 aliphatic heterocycles. The Morgan fingerprint density at radius 1 is 1.11 bits per heavy atom. The van der Waals surface area contributed by atoms with Crippen LogP contribution in [0.4, 0.5) is 8.78 Å². The maximum atomic E-state index is 12.9. The van der Waals surface area contributed by atoms with Crippen LogP contribution in [-0.2, 0) is 11.7 Å². The van der Waals surface area contributed by atoms with Gasteiger partial charge in [-0.05, 0) is 5.56 Å². The van der Waals surface area contributed by atoms with E-state index in [1.807, 2.05) is 30.3 Å². The summed E-state index contributed by atoms with van der Waals surface area (Å²) in [6.45, 7) is 0.791. The zero-order valence-electron chi connectivity index (χ0n) is 9.81. The molecule has 0 amide bonds. The molecule has 0 N–H and O–H groups in total. The van der Waals surface area contributed by atoms with E-state index in [9.17, 15) is 8.78 Å². The number of benzene rings is 1. The van der Waals surface area contributed by atoms with E-state index in [4.69, 9.17) is 0 Å². The van der Waals surface area contributed by atoms with E-state index in [1.54, 1.807) is 0 Å². The molecule has 0 unspecified atom stereocenters. The van der Waals surface area contributed by atoms with Crippen LogP contribution in [0.2, 0.25) is 0 Å². The molecule has 0 saturated carbocycles. The normalized spacial score (nSPS) is 11.5. The highest BCUT2D eigenvalue weighted by Gasteiger charge is 2.27. The predicted molar refractivity (Wildman–Crippen MR) is 67.6 cm³/mol. The predicted octanol–water partition coefficient (Wildman–Crippen LogP) is 3.88. The van der Waals surface area contributed by atoms with E-state index >= 15 is 0 Å². The fraction of sp³-hybridized carbons (Fsp3) is 0.231. The molecule has 0 spiro atoms. The van der Waals surface area contributed by atoms with E-state index < -0.39 is 11.7 Å². The maximum absolute atomic E-state index is 12.9. The lowest BCUT2D eigenvalue weighted by atomic mass is 10.2. The summed E-state index contributed by atoms with van der Waals surface area (Å²) < 4.78 is 25.8. The number of aromatic nitrogens is 2. The molecule has 1 aromatic carbocycles. The van der Waals surface area contributed by atoms with E-state index in [0.717, 1.165) is 17.6 Å². The maximum Gasteiger partial charge on any atom is 0.303 e. The van der Waals surface area contributed by atoms with E-state index in [0.29, 0.717) is 0 Å². The van der Waals surface area contributed by atoms with Crippen LogP contribution in [0, 0.1) is 0 Å². The number of halogens is 2. The molecule has 0 fully saturated rings. The highest BCUT2D eigenvalue weighted by molar-refractivity contribution is 7.98. The van der Waals surface area contributed by atoms with E-state index in [1.165, 1.54) is 29.7 Å². The van der Waals surface area contributed by atoms with Crippen molar-refractivity contribution >= 4 is 11.8 Å². The van der Waals surface area contributed by atoms with Gasteiger partial charge in [-0.2, -0.15) is 8.78 Å². The Morgan fingerprint density at radius 3 is 2.28 bits per heavy atom. The van der Waals surface area contributed by atoms with Crippen LogP contribution in [0.25, 0.3) is 0 Å². The van der Waals surface area contributed by atoms with Gasteiger partial charge >= 0.3 is 5.92 Å². The molecule has 0 bridgehead atoms. The van der Waals surface area contributed by atoms with Crippen molar-refractivity contribution in [1.29, 1.82) is 0 Å². The third-order valence-corrected chi connectivity index (χ3v) is 3.29. The van der Waals surface area contributed by atoms with Crippen molar-refractivity contribution in [2.45, 2.75) is 23.5 Å². The summed E-state index contributed by atoms with van der Waals surface area (Å²) in [6, 6.07) is 9.92. The lowest BCUT2D eigenvalue weighted by molar-refractivity contribution is 0.00751. The van der Waals surface area contributed by atoms with Crippen LogP contribution in [0.1, 0.15) is 18.3 Å². The van der Waals surface area contributed by atoms with Crippen LogP contribution in [0.15, 0.2) is 47.6 Å². The van der Waals surface area contributed by atoms with Crippen molar-refractivity contribution in [3.8, 4) is 0 Å². The summed E-state index contributed by atoms with van der Waals surface area (Å²) in [4.78, 5) is 8.14. The van der Waals surface area contributed by atoms with Crippen LogP contribution in [0.5, 0.6) is 0 Å². The molecule has 0 atom stereocenters. The number of hydrogen-bond donors (Lipinski definition) is 0. The van der Waals surface area contributed by atoms with Gasteiger partial charge in [0.05, 0.1) is 0 Å². The first-order chi connectivity index (χ1) is 8.55. The zero-order valence-corrected chi connectivity index (χ0v) is 10.6. The lowest BCUT2D eigenvalue weighted by Crippen LogP contribution is -2.11. The Kier molecular flexibility index (Phi) is 3.91. The minimum atomic E-state index is -2.98. The van der Waals surface area contributed by atoms with Gasteiger partial charge in [0.2, 0.25) is 0 Å². The van der Waals surface area contributed by atoms with Gasteiger partial charge in [-0.25, -0.2) is 9.97 Å². The molecule has 1 heterocycles. The molecule has 2 nitrogen and oxygen atoms in total. The average Bonchev–Trinajstić information content (AvgIpc) is 2.37. The second kappa shape index (κ2) is 5.44. The minimum absolute atomic E-state index is 0.438. The summed E-state index contributed by atoms with van der Waals surface area (Å²) in [7, 11) is 0. The lowest BCUT2D eigenvalue weighted by Gasteiger charge is -2.08. The van der Waals surface area contributed by atoms with Crippen molar-refractivity contribution in [3.05, 3.63) is 54.1 Å². The molecule has 1 aromatic heterocycles. The summed E-state index contributed by atoms with van der Waals surface area (Å²) in [6.07, 6.45) is 2.88. The van der Waals surface area contributed by atoms with Crippen molar-refractivity contribution in [1.82, 2.24) is 9.97 Å². The number of alkyl halides is 2. The molecule has 18 heavy (non-hydrogen) atoms.